The molecule has 0 saturated carbocycles. The maximum atomic E-state index is 12.3. The molecule has 1 fully saturated rings. The number of methoxy groups -OCH3 is 1. The average Bonchev–Trinajstić information content (AvgIpc) is 2.99. The first-order chi connectivity index (χ1) is 9.13. The molecule has 1 aliphatic heterocycles. The second-order valence-corrected chi connectivity index (χ2v) is 4.22. The highest BCUT2D eigenvalue weighted by Gasteiger charge is 2.32. The Bertz CT molecular complexity index is 448. The van der Waals surface area contributed by atoms with Crippen LogP contribution in [-0.4, -0.2) is 64.5 Å². The average molecular weight is 268 g/mol. The van der Waals surface area contributed by atoms with Gasteiger partial charge in [-0.2, -0.15) is 5.10 Å². The molecule has 0 spiro atoms. The van der Waals surface area contributed by atoms with Gasteiger partial charge in [-0.15, -0.1) is 0 Å². The van der Waals surface area contributed by atoms with Crippen molar-refractivity contribution in [1.29, 1.82) is 0 Å². The highest BCUT2D eigenvalue weighted by Crippen LogP contribution is 2.13. The molecule has 1 aromatic heterocycles. The number of hydrogen-bond donors (Lipinski definition) is 0. The minimum Gasteiger partial charge on any atom is -0.467 e. The molecule has 2 rings (SSSR count). The number of amides is 1. The SMILES string of the molecule is COC(=O)C1CN(C(=O)C(C)n2cncn2)CCO1. The Kier molecular flexibility index (Phi) is 4.10. The number of morpholine rings is 1. The number of nitrogens with zero attached hydrogens (tertiary/aromatic N) is 4. The van der Waals surface area contributed by atoms with E-state index < -0.39 is 18.1 Å². The molecule has 1 aliphatic rings. The van der Waals surface area contributed by atoms with Crippen LogP contribution in [0, 0.1) is 0 Å². The van der Waals surface area contributed by atoms with Crippen LogP contribution in [0.2, 0.25) is 0 Å². The summed E-state index contributed by atoms with van der Waals surface area (Å²) >= 11 is 0. The molecule has 1 amide bonds. The summed E-state index contributed by atoms with van der Waals surface area (Å²) in [6.07, 6.45) is 2.15. The topological polar surface area (TPSA) is 86.6 Å². The number of rotatable bonds is 3. The third-order valence-corrected chi connectivity index (χ3v) is 3.03. The molecule has 0 aliphatic carbocycles. The lowest BCUT2D eigenvalue weighted by molar-refractivity contribution is -0.163. The smallest absolute Gasteiger partial charge is 0.336 e. The standard InChI is InChI=1S/C11H16N4O4/c1-8(15-7-12-6-13-15)10(16)14-3-4-19-9(5-14)11(17)18-2/h6-9H,3-5H2,1-2H3. The van der Waals surface area contributed by atoms with Crippen molar-refractivity contribution in [2.45, 2.75) is 19.1 Å². The van der Waals surface area contributed by atoms with Crippen LogP contribution in [0.4, 0.5) is 0 Å². The molecule has 2 heterocycles. The summed E-state index contributed by atoms with van der Waals surface area (Å²) in [6.45, 7) is 2.70. The zero-order chi connectivity index (χ0) is 13.8. The first kappa shape index (κ1) is 13.5. The summed E-state index contributed by atoms with van der Waals surface area (Å²) in [4.78, 5) is 29.1. The van der Waals surface area contributed by atoms with E-state index in [-0.39, 0.29) is 12.5 Å². The van der Waals surface area contributed by atoms with Crippen molar-refractivity contribution in [3.05, 3.63) is 12.7 Å². The molecule has 0 radical (unpaired) electrons. The third kappa shape index (κ3) is 2.90. The van der Waals surface area contributed by atoms with Crippen molar-refractivity contribution >= 4 is 11.9 Å². The Balaban J connectivity index is 2.01. The van der Waals surface area contributed by atoms with Gasteiger partial charge in [-0.3, -0.25) is 4.79 Å². The van der Waals surface area contributed by atoms with Gasteiger partial charge in [0.1, 0.15) is 18.7 Å². The normalized spacial score (nSPS) is 20.9. The van der Waals surface area contributed by atoms with Crippen molar-refractivity contribution in [2.24, 2.45) is 0 Å². The fraction of sp³-hybridized carbons (Fsp3) is 0.636. The van der Waals surface area contributed by atoms with Crippen molar-refractivity contribution in [1.82, 2.24) is 19.7 Å². The third-order valence-electron chi connectivity index (χ3n) is 3.03. The minimum absolute atomic E-state index is 0.122. The van der Waals surface area contributed by atoms with Gasteiger partial charge >= 0.3 is 5.97 Å². The molecule has 8 heteroatoms. The molecule has 0 aromatic carbocycles. The summed E-state index contributed by atoms with van der Waals surface area (Å²) in [6, 6.07) is -0.459. The molecule has 0 N–H and O–H groups in total. The first-order valence-corrected chi connectivity index (χ1v) is 5.96. The lowest BCUT2D eigenvalue weighted by Crippen LogP contribution is -2.50. The van der Waals surface area contributed by atoms with E-state index in [4.69, 9.17) is 4.74 Å². The van der Waals surface area contributed by atoms with E-state index in [2.05, 4.69) is 14.8 Å². The van der Waals surface area contributed by atoms with Gasteiger partial charge in [-0.05, 0) is 6.92 Å². The summed E-state index contributed by atoms with van der Waals surface area (Å²) in [5.74, 6) is -0.589. The van der Waals surface area contributed by atoms with Crippen LogP contribution < -0.4 is 0 Å². The molecule has 1 saturated heterocycles. The fourth-order valence-corrected chi connectivity index (χ4v) is 1.92. The van der Waals surface area contributed by atoms with Crippen LogP contribution in [0.1, 0.15) is 13.0 Å². The van der Waals surface area contributed by atoms with E-state index >= 15 is 0 Å². The van der Waals surface area contributed by atoms with Gasteiger partial charge in [0.2, 0.25) is 5.91 Å². The molecule has 2 unspecified atom stereocenters. The molecular formula is C11H16N4O4. The van der Waals surface area contributed by atoms with Crippen LogP contribution in [-0.2, 0) is 19.1 Å². The number of esters is 1. The Morgan fingerprint density at radius 2 is 2.32 bits per heavy atom. The van der Waals surface area contributed by atoms with Crippen LogP contribution in [0.5, 0.6) is 0 Å². The molecule has 19 heavy (non-hydrogen) atoms. The predicted octanol–water partition coefficient (Wildman–Crippen LogP) is -0.760. The van der Waals surface area contributed by atoms with Gasteiger partial charge in [0.15, 0.2) is 6.10 Å². The maximum Gasteiger partial charge on any atom is 0.336 e. The van der Waals surface area contributed by atoms with Crippen LogP contribution in [0.3, 0.4) is 0 Å². The summed E-state index contributed by atoms with van der Waals surface area (Å²) in [5.41, 5.74) is 0. The number of hydrogen-bond acceptors (Lipinski definition) is 6. The molecule has 8 nitrogen and oxygen atoms in total. The van der Waals surface area contributed by atoms with E-state index in [0.29, 0.717) is 13.2 Å². The van der Waals surface area contributed by atoms with E-state index in [1.54, 1.807) is 11.8 Å². The largest absolute Gasteiger partial charge is 0.467 e. The van der Waals surface area contributed by atoms with Crippen molar-refractivity contribution in [2.75, 3.05) is 26.8 Å². The summed E-state index contributed by atoms with van der Waals surface area (Å²) in [7, 11) is 1.30. The lowest BCUT2D eigenvalue weighted by Gasteiger charge is -2.33. The number of carbonyl (C=O) groups excluding carboxylic acids is 2. The predicted molar refractivity (Wildman–Crippen MR) is 63.1 cm³/mol. The molecule has 104 valence electrons. The second kappa shape index (κ2) is 5.79. The molecule has 2 atom stereocenters. The lowest BCUT2D eigenvalue weighted by atomic mass is 10.2. The van der Waals surface area contributed by atoms with E-state index in [1.807, 2.05) is 0 Å². The number of carbonyl (C=O) groups is 2. The van der Waals surface area contributed by atoms with Gasteiger partial charge in [0, 0.05) is 6.54 Å². The second-order valence-electron chi connectivity index (χ2n) is 4.22. The number of aromatic nitrogens is 3. The zero-order valence-corrected chi connectivity index (χ0v) is 10.9. The van der Waals surface area contributed by atoms with Gasteiger partial charge < -0.3 is 14.4 Å². The van der Waals surface area contributed by atoms with Crippen LogP contribution >= 0.6 is 0 Å². The summed E-state index contributed by atoms with van der Waals surface area (Å²) in [5, 5.41) is 3.94. The van der Waals surface area contributed by atoms with E-state index in [0.717, 1.165) is 0 Å². The van der Waals surface area contributed by atoms with Crippen molar-refractivity contribution < 1.29 is 19.1 Å². The number of ether oxygens (including phenoxy) is 2. The van der Waals surface area contributed by atoms with Crippen LogP contribution in [0.25, 0.3) is 0 Å². The van der Waals surface area contributed by atoms with Crippen LogP contribution in [0.15, 0.2) is 12.7 Å². The zero-order valence-electron chi connectivity index (χ0n) is 10.9. The van der Waals surface area contributed by atoms with Gasteiger partial charge in [-0.25, -0.2) is 14.5 Å². The quantitative estimate of drug-likeness (QED) is 0.670. The van der Waals surface area contributed by atoms with Gasteiger partial charge in [-0.1, -0.05) is 0 Å². The molecular weight excluding hydrogens is 252 g/mol. The minimum atomic E-state index is -0.717. The maximum absolute atomic E-state index is 12.3. The Hall–Kier alpha value is -1.96. The fourth-order valence-electron chi connectivity index (χ4n) is 1.92. The Morgan fingerprint density at radius 1 is 1.53 bits per heavy atom. The van der Waals surface area contributed by atoms with Gasteiger partial charge in [0.05, 0.1) is 20.3 Å². The Morgan fingerprint density at radius 3 is 2.95 bits per heavy atom. The molecule has 0 bridgehead atoms. The first-order valence-electron chi connectivity index (χ1n) is 5.96. The highest BCUT2D eigenvalue weighted by molar-refractivity contribution is 5.81. The Labute approximate surface area is 110 Å². The van der Waals surface area contributed by atoms with Crippen molar-refractivity contribution in [3.63, 3.8) is 0 Å². The van der Waals surface area contributed by atoms with Crippen molar-refractivity contribution in [3.8, 4) is 0 Å². The van der Waals surface area contributed by atoms with Gasteiger partial charge in [0.25, 0.3) is 0 Å². The van der Waals surface area contributed by atoms with E-state index in [9.17, 15) is 9.59 Å². The highest BCUT2D eigenvalue weighted by atomic mass is 16.6. The monoisotopic (exact) mass is 268 g/mol. The van der Waals surface area contributed by atoms with E-state index in [1.165, 1.54) is 24.4 Å². The molecule has 1 aromatic rings. The summed E-state index contributed by atoms with van der Waals surface area (Å²) < 4.78 is 11.4.